The van der Waals surface area contributed by atoms with E-state index >= 15 is 13.2 Å². The fraction of sp³-hybridized carbons (Fsp3) is 0.946. The molecule has 8 saturated heterocycles. The van der Waals surface area contributed by atoms with E-state index in [0.29, 0.717) is 64.7 Å². The minimum Gasteiger partial charge on any atom is -0.456 e. The first-order valence-electron chi connectivity index (χ1n) is 19.8. The number of hydrogen-bond acceptors (Lipinski definition) is 11. The van der Waals surface area contributed by atoms with E-state index in [-0.39, 0.29) is 48.9 Å². The number of alkyl halides is 6. The molecule has 11 nitrogen and oxygen atoms in total. The number of halogens is 6. The van der Waals surface area contributed by atoms with Crippen molar-refractivity contribution in [1.29, 1.82) is 0 Å². The molecule has 4 bridgehead atoms. The predicted octanol–water partition coefficient (Wildman–Crippen LogP) is 6.58. The van der Waals surface area contributed by atoms with Gasteiger partial charge >= 0.3 is 12.4 Å². The highest BCUT2D eigenvalue weighted by molar-refractivity contribution is 5.29. The summed E-state index contributed by atoms with van der Waals surface area (Å²) in [7, 11) is 0. The molecule has 9 heterocycles. The van der Waals surface area contributed by atoms with E-state index in [2.05, 4.69) is 13.8 Å². The molecule has 0 aromatic heterocycles. The van der Waals surface area contributed by atoms with Crippen LogP contribution in [0, 0.1) is 35.5 Å². The van der Waals surface area contributed by atoms with E-state index in [4.69, 9.17) is 43.2 Å². The van der Waals surface area contributed by atoms with Crippen LogP contribution in [0.5, 0.6) is 0 Å². The SMILES string of the molecule is C[C@@H]1CC[C@H]2C[C@](OCCN3CCN(CC4=C(C(F)(F)F)O[C@@H]5O[C@]6(C)CCC7[C@H](C)CC[C@@H]4[C@]75OO6)CC3)(C(F)(F)F)O[C@@H]3O[C@]4(C)CCC1[C@@]23OO4. The van der Waals surface area contributed by atoms with Crippen LogP contribution in [0.25, 0.3) is 0 Å². The maximum atomic E-state index is 15.0. The predicted molar refractivity (Wildman–Crippen MR) is 173 cm³/mol. The quantitative estimate of drug-likeness (QED) is 0.217. The highest BCUT2D eigenvalue weighted by Crippen LogP contribution is 2.64. The Bertz CT molecular complexity index is 1490. The minimum atomic E-state index is -4.85. The molecule has 17 heteroatoms. The third-order valence-corrected chi connectivity index (χ3v) is 14.6. The maximum absolute atomic E-state index is 15.0. The van der Waals surface area contributed by atoms with Crippen molar-refractivity contribution in [3.8, 4) is 0 Å². The Labute approximate surface area is 311 Å². The summed E-state index contributed by atoms with van der Waals surface area (Å²) in [5.74, 6) is -7.31. The van der Waals surface area contributed by atoms with Gasteiger partial charge in [0.15, 0.2) is 17.5 Å². The van der Waals surface area contributed by atoms with Gasteiger partial charge in [0, 0.05) is 76.3 Å². The highest BCUT2D eigenvalue weighted by atomic mass is 19.4. The van der Waals surface area contributed by atoms with Gasteiger partial charge in [-0.1, -0.05) is 13.8 Å². The normalized spacial score (nSPS) is 49.5. The molecule has 0 aromatic carbocycles. The van der Waals surface area contributed by atoms with Crippen molar-refractivity contribution in [3.05, 3.63) is 11.3 Å². The van der Waals surface area contributed by atoms with E-state index in [9.17, 15) is 13.2 Å². The number of hydrogen-bond donors (Lipinski definition) is 0. The first-order chi connectivity index (χ1) is 25.4. The third-order valence-electron chi connectivity index (χ3n) is 14.6. The second-order valence-corrected chi connectivity index (χ2v) is 17.9. The van der Waals surface area contributed by atoms with Gasteiger partial charge in [-0.05, 0) is 75.7 Å². The number of ether oxygens (including phenoxy) is 5. The van der Waals surface area contributed by atoms with E-state index < -0.39 is 77.5 Å². The fourth-order valence-electron chi connectivity index (χ4n) is 11.7. The molecular formula is C37H52F6N2O9. The number of fused-ring (bicyclic) bond motifs is 4. The third kappa shape index (κ3) is 5.82. The zero-order chi connectivity index (χ0) is 38.1. The van der Waals surface area contributed by atoms with Crippen LogP contribution in [-0.4, -0.2) is 109 Å². The van der Waals surface area contributed by atoms with Crippen LogP contribution in [0.4, 0.5) is 26.3 Å². The second-order valence-electron chi connectivity index (χ2n) is 17.9. The number of allylic oxidation sites excluding steroid dienone is 1. The summed E-state index contributed by atoms with van der Waals surface area (Å²) in [4.78, 5) is 27.5. The summed E-state index contributed by atoms with van der Waals surface area (Å²) in [5.41, 5.74) is -2.20. The van der Waals surface area contributed by atoms with Crippen molar-refractivity contribution in [2.24, 2.45) is 35.5 Å². The zero-order valence-corrected chi connectivity index (χ0v) is 31.3. The summed E-state index contributed by atoms with van der Waals surface area (Å²) in [5, 5.41) is 0. The van der Waals surface area contributed by atoms with Crippen LogP contribution >= 0.6 is 0 Å². The average Bonchev–Trinajstić information content (AvgIpc) is 3.48. The Hall–Kier alpha value is -1.28. The van der Waals surface area contributed by atoms with Crippen molar-refractivity contribution in [2.75, 3.05) is 45.9 Å². The average molecular weight is 783 g/mol. The van der Waals surface area contributed by atoms with Crippen molar-refractivity contribution < 1.29 is 69.6 Å². The van der Waals surface area contributed by atoms with Gasteiger partial charge in [-0.3, -0.25) is 9.80 Å². The molecule has 54 heavy (non-hydrogen) atoms. The molecule has 0 radical (unpaired) electrons. The molecule has 0 aromatic rings. The van der Waals surface area contributed by atoms with Crippen molar-refractivity contribution in [2.45, 2.75) is 139 Å². The molecule has 2 spiro atoms. The van der Waals surface area contributed by atoms with Gasteiger partial charge in [-0.25, -0.2) is 19.6 Å². The molecule has 11 rings (SSSR count). The molecule has 11 aliphatic rings. The smallest absolute Gasteiger partial charge is 0.449 e. The van der Waals surface area contributed by atoms with Gasteiger partial charge in [0.1, 0.15) is 0 Å². The van der Waals surface area contributed by atoms with Gasteiger partial charge in [0.05, 0.1) is 6.61 Å². The van der Waals surface area contributed by atoms with Gasteiger partial charge in [0.25, 0.3) is 5.79 Å². The van der Waals surface area contributed by atoms with E-state index in [1.807, 2.05) is 9.80 Å². The Morgan fingerprint density at radius 2 is 1.30 bits per heavy atom. The lowest BCUT2D eigenvalue weighted by atomic mass is 9.59. The molecule has 2 unspecified atom stereocenters. The van der Waals surface area contributed by atoms with Gasteiger partial charge in [-0.2, -0.15) is 26.3 Å². The second kappa shape index (κ2) is 12.9. The molecule has 2 aliphatic carbocycles. The largest absolute Gasteiger partial charge is 0.456 e. The summed E-state index contributed by atoms with van der Waals surface area (Å²) in [6.45, 7) is 9.11. The monoisotopic (exact) mass is 782 g/mol. The van der Waals surface area contributed by atoms with Crippen LogP contribution in [0.2, 0.25) is 0 Å². The molecule has 0 amide bonds. The fourth-order valence-corrected chi connectivity index (χ4v) is 11.7. The Kier molecular flexibility index (Phi) is 9.11. The van der Waals surface area contributed by atoms with Crippen LogP contribution in [0.1, 0.15) is 85.5 Å². The Morgan fingerprint density at radius 3 is 1.94 bits per heavy atom. The van der Waals surface area contributed by atoms with Crippen molar-refractivity contribution >= 4 is 0 Å². The van der Waals surface area contributed by atoms with E-state index in [0.717, 1.165) is 12.8 Å². The van der Waals surface area contributed by atoms with Crippen LogP contribution in [0.3, 0.4) is 0 Å². The number of piperazine rings is 1. The molecule has 10 fully saturated rings. The summed E-state index contributed by atoms with van der Waals surface area (Å²) >= 11 is 0. The number of nitrogens with zero attached hydrogens (tertiary/aromatic N) is 2. The van der Waals surface area contributed by atoms with Gasteiger partial charge in [0.2, 0.25) is 23.6 Å². The standard InChI is InChI=1S/C37H52F6N2O9/c1-21-5-7-23-19-33(37(41,42)43,50-30-34(23)25(21)9-11-32(4,49-30)51-53-34)46-18-17-44-13-15-45(16-14-44)20-24-27-8-6-22(2)26-10-12-31(3)48-29(35(26,27)54-52-31)47-28(24)36(38,39)40/h21-23,25-27,29-30H,5-20H2,1-4H3/t21-,22-,23+,25?,26?,27+,29-,30+,31+,32+,33-,34+,35-/m1/s1. The summed E-state index contributed by atoms with van der Waals surface area (Å²) in [6, 6.07) is 0. The van der Waals surface area contributed by atoms with Crippen LogP contribution in [0.15, 0.2) is 11.3 Å². The van der Waals surface area contributed by atoms with E-state index in [1.165, 1.54) is 0 Å². The first kappa shape index (κ1) is 38.2. The van der Waals surface area contributed by atoms with Gasteiger partial charge in [-0.15, -0.1) is 0 Å². The lowest BCUT2D eigenvalue weighted by Gasteiger charge is -2.60. The molecular weight excluding hydrogens is 730 g/mol. The lowest BCUT2D eigenvalue weighted by molar-refractivity contribution is -0.592. The van der Waals surface area contributed by atoms with Crippen molar-refractivity contribution in [1.82, 2.24) is 9.80 Å². The van der Waals surface area contributed by atoms with Crippen LogP contribution < -0.4 is 0 Å². The summed E-state index contributed by atoms with van der Waals surface area (Å²) < 4.78 is 119. The molecule has 13 atom stereocenters. The molecule has 9 aliphatic heterocycles. The lowest BCUT2D eigenvalue weighted by Crippen LogP contribution is -2.73. The van der Waals surface area contributed by atoms with E-state index in [1.54, 1.807) is 13.8 Å². The molecule has 2 saturated carbocycles. The molecule has 306 valence electrons. The first-order valence-corrected chi connectivity index (χ1v) is 19.8. The number of rotatable bonds is 6. The van der Waals surface area contributed by atoms with Crippen LogP contribution in [-0.2, 0) is 43.2 Å². The van der Waals surface area contributed by atoms with Crippen molar-refractivity contribution in [3.63, 3.8) is 0 Å². The highest BCUT2D eigenvalue weighted by Gasteiger charge is 2.75. The molecule has 0 N–H and O–H groups in total. The minimum absolute atomic E-state index is 0.0138. The zero-order valence-electron chi connectivity index (χ0n) is 31.3. The Morgan fingerprint density at radius 1 is 0.704 bits per heavy atom. The maximum Gasteiger partial charge on any atom is 0.449 e. The topological polar surface area (TPSA) is 89.6 Å². The summed E-state index contributed by atoms with van der Waals surface area (Å²) in [6.07, 6.45) is -7.79. The Balaban J connectivity index is 0.873. The van der Waals surface area contributed by atoms with Gasteiger partial charge < -0.3 is 23.7 Å².